The van der Waals surface area contributed by atoms with E-state index in [2.05, 4.69) is 0 Å². The van der Waals surface area contributed by atoms with Crippen LogP contribution in [0.25, 0.3) is 0 Å². The third kappa shape index (κ3) is 2.63. The SMILES string of the molecule is Cc1cc(Oc2cccc(Cl)c2CN)ccc1F. The predicted octanol–water partition coefficient (Wildman–Crippen LogP) is 4.04. The Morgan fingerprint density at radius 3 is 2.72 bits per heavy atom. The van der Waals surface area contributed by atoms with Crippen molar-refractivity contribution in [2.24, 2.45) is 5.73 Å². The van der Waals surface area contributed by atoms with Gasteiger partial charge in [-0.1, -0.05) is 17.7 Å². The Hall–Kier alpha value is -1.58. The minimum Gasteiger partial charge on any atom is -0.457 e. The highest BCUT2D eigenvalue weighted by atomic mass is 35.5. The van der Waals surface area contributed by atoms with Crippen molar-refractivity contribution in [3.8, 4) is 11.5 Å². The molecule has 0 aliphatic heterocycles. The Morgan fingerprint density at radius 2 is 2.06 bits per heavy atom. The van der Waals surface area contributed by atoms with E-state index >= 15 is 0 Å². The van der Waals surface area contributed by atoms with E-state index in [0.29, 0.717) is 22.1 Å². The molecule has 4 heteroatoms. The number of hydrogen-bond acceptors (Lipinski definition) is 2. The molecule has 0 heterocycles. The fraction of sp³-hybridized carbons (Fsp3) is 0.143. The molecule has 0 saturated carbocycles. The van der Waals surface area contributed by atoms with E-state index in [1.54, 1.807) is 37.3 Å². The maximum atomic E-state index is 13.2. The van der Waals surface area contributed by atoms with Crippen molar-refractivity contribution in [2.75, 3.05) is 0 Å². The summed E-state index contributed by atoms with van der Waals surface area (Å²) >= 11 is 6.03. The van der Waals surface area contributed by atoms with Crippen LogP contribution < -0.4 is 10.5 Å². The van der Waals surface area contributed by atoms with Crippen molar-refractivity contribution in [3.63, 3.8) is 0 Å². The second-order valence-electron chi connectivity index (χ2n) is 3.93. The molecule has 0 amide bonds. The fourth-order valence-corrected chi connectivity index (χ4v) is 1.88. The van der Waals surface area contributed by atoms with Gasteiger partial charge in [-0.25, -0.2) is 4.39 Å². The van der Waals surface area contributed by atoms with Gasteiger partial charge in [0.05, 0.1) is 0 Å². The third-order valence-corrected chi connectivity index (χ3v) is 2.99. The van der Waals surface area contributed by atoms with Crippen LogP contribution in [0.3, 0.4) is 0 Å². The molecule has 0 unspecified atom stereocenters. The van der Waals surface area contributed by atoms with E-state index in [4.69, 9.17) is 22.1 Å². The van der Waals surface area contributed by atoms with Crippen molar-refractivity contribution < 1.29 is 9.13 Å². The second kappa shape index (κ2) is 5.38. The quantitative estimate of drug-likeness (QED) is 0.909. The Balaban J connectivity index is 2.34. The van der Waals surface area contributed by atoms with Crippen molar-refractivity contribution in [3.05, 3.63) is 58.4 Å². The smallest absolute Gasteiger partial charge is 0.133 e. The summed E-state index contributed by atoms with van der Waals surface area (Å²) in [6.45, 7) is 1.97. The van der Waals surface area contributed by atoms with Gasteiger partial charge in [0.1, 0.15) is 17.3 Å². The molecule has 0 aliphatic carbocycles. The number of aryl methyl sites for hydroxylation is 1. The first-order valence-electron chi connectivity index (χ1n) is 5.53. The molecular weight excluding hydrogens is 253 g/mol. The van der Waals surface area contributed by atoms with Crippen LogP contribution in [0.5, 0.6) is 11.5 Å². The standard InChI is InChI=1S/C14H13ClFNO/c1-9-7-10(5-6-13(9)16)18-14-4-2-3-12(15)11(14)8-17/h2-7H,8,17H2,1H3. The highest BCUT2D eigenvalue weighted by molar-refractivity contribution is 6.31. The van der Waals surface area contributed by atoms with Gasteiger partial charge in [0.15, 0.2) is 0 Å². The summed E-state index contributed by atoms with van der Waals surface area (Å²) in [6.07, 6.45) is 0. The first kappa shape index (κ1) is 12.9. The zero-order valence-electron chi connectivity index (χ0n) is 9.91. The van der Waals surface area contributed by atoms with Crippen LogP contribution in [-0.2, 0) is 6.54 Å². The van der Waals surface area contributed by atoms with E-state index in [0.717, 1.165) is 5.56 Å². The molecule has 0 fully saturated rings. The monoisotopic (exact) mass is 265 g/mol. The zero-order valence-corrected chi connectivity index (χ0v) is 10.7. The number of benzene rings is 2. The van der Waals surface area contributed by atoms with Crippen molar-refractivity contribution >= 4 is 11.6 Å². The highest BCUT2D eigenvalue weighted by Crippen LogP contribution is 2.30. The van der Waals surface area contributed by atoms with Crippen LogP contribution in [0.1, 0.15) is 11.1 Å². The number of ether oxygens (including phenoxy) is 1. The van der Waals surface area contributed by atoms with Crippen LogP contribution >= 0.6 is 11.6 Å². The molecule has 94 valence electrons. The molecule has 0 radical (unpaired) electrons. The van der Waals surface area contributed by atoms with Gasteiger partial charge < -0.3 is 10.5 Å². The van der Waals surface area contributed by atoms with Crippen LogP contribution in [0, 0.1) is 12.7 Å². The van der Waals surface area contributed by atoms with Gasteiger partial charge in [-0.15, -0.1) is 0 Å². The van der Waals surface area contributed by atoms with Crippen molar-refractivity contribution in [1.29, 1.82) is 0 Å². The van der Waals surface area contributed by atoms with E-state index in [9.17, 15) is 4.39 Å². The molecule has 2 rings (SSSR count). The zero-order chi connectivity index (χ0) is 13.1. The Bertz CT molecular complexity index is 572. The predicted molar refractivity (Wildman–Crippen MR) is 70.6 cm³/mol. The first-order chi connectivity index (χ1) is 8.61. The summed E-state index contributed by atoms with van der Waals surface area (Å²) in [5.41, 5.74) is 6.90. The minimum absolute atomic E-state index is 0.257. The van der Waals surface area contributed by atoms with Gasteiger partial charge in [0.25, 0.3) is 0 Å². The summed E-state index contributed by atoms with van der Waals surface area (Å²) < 4.78 is 18.8. The first-order valence-corrected chi connectivity index (χ1v) is 5.91. The van der Waals surface area contributed by atoms with Crippen molar-refractivity contribution in [1.82, 2.24) is 0 Å². The topological polar surface area (TPSA) is 35.2 Å². The van der Waals surface area contributed by atoms with E-state index < -0.39 is 0 Å². The van der Waals surface area contributed by atoms with Gasteiger partial charge in [-0.2, -0.15) is 0 Å². The Kier molecular flexibility index (Phi) is 3.84. The molecule has 2 nitrogen and oxygen atoms in total. The molecule has 18 heavy (non-hydrogen) atoms. The van der Waals surface area contributed by atoms with Gasteiger partial charge in [-0.3, -0.25) is 0 Å². The van der Waals surface area contributed by atoms with Crippen LogP contribution in [0.15, 0.2) is 36.4 Å². The molecule has 2 aromatic rings. The maximum absolute atomic E-state index is 13.2. The summed E-state index contributed by atoms with van der Waals surface area (Å²) in [5.74, 6) is 0.898. The van der Waals surface area contributed by atoms with E-state index in [-0.39, 0.29) is 12.4 Å². The lowest BCUT2D eigenvalue weighted by Crippen LogP contribution is -2.00. The van der Waals surface area contributed by atoms with E-state index in [1.165, 1.54) is 6.07 Å². The average molecular weight is 266 g/mol. The summed E-state index contributed by atoms with van der Waals surface area (Å²) in [5, 5.41) is 0.564. The molecule has 0 bridgehead atoms. The minimum atomic E-state index is -0.257. The van der Waals surface area contributed by atoms with Gasteiger partial charge in [0.2, 0.25) is 0 Å². The third-order valence-electron chi connectivity index (χ3n) is 2.64. The van der Waals surface area contributed by atoms with Gasteiger partial charge >= 0.3 is 0 Å². The highest BCUT2D eigenvalue weighted by Gasteiger charge is 2.08. The maximum Gasteiger partial charge on any atom is 0.133 e. The summed E-state index contributed by atoms with van der Waals surface area (Å²) in [7, 11) is 0. The van der Waals surface area contributed by atoms with Gasteiger partial charge in [0, 0.05) is 17.1 Å². The largest absolute Gasteiger partial charge is 0.457 e. The molecule has 0 saturated heterocycles. The number of hydrogen-bond donors (Lipinski definition) is 1. The van der Waals surface area contributed by atoms with Crippen molar-refractivity contribution in [2.45, 2.75) is 13.5 Å². The second-order valence-corrected chi connectivity index (χ2v) is 4.34. The lowest BCUT2D eigenvalue weighted by Gasteiger charge is -2.11. The summed E-state index contributed by atoms with van der Waals surface area (Å²) in [4.78, 5) is 0. The molecule has 2 aromatic carbocycles. The molecule has 2 N–H and O–H groups in total. The number of rotatable bonds is 3. The normalized spacial score (nSPS) is 10.4. The molecule has 0 aliphatic rings. The van der Waals surface area contributed by atoms with E-state index in [1.807, 2.05) is 0 Å². The lowest BCUT2D eigenvalue weighted by molar-refractivity contribution is 0.473. The molecule has 0 spiro atoms. The fourth-order valence-electron chi connectivity index (χ4n) is 1.64. The van der Waals surface area contributed by atoms with Crippen LogP contribution in [0.2, 0.25) is 5.02 Å². The average Bonchev–Trinajstić information content (AvgIpc) is 2.34. The Morgan fingerprint density at radius 1 is 1.28 bits per heavy atom. The van der Waals surface area contributed by atoms with Crippen LogP contribution in [0.4, 0.5) is 4.39 Å². The summed E-state index contributed by atoms with van der Waals surface area (Å²) in [6, 6.07) is 9.91. The van der Waals surface area contributed by atoms with Crippen LogP contribution in [-0.4, -0.2) is 0 Å². The number of halogens is 2. The van der Waals surface area contributed by atoms with Gasteiger partial charge in [-0.05, 0) is 42.8 Å². The molecular formula is C14H13ClFNO. The lowest BCUT2D eigenvalue weighted by atomic mass is 10.2. The molecule has 0 atom stereocenters. The number of nitrogens with two attached hydrogens (primary N) is 1. The molecule has 0 aromatic heterocycles. The Labute approximate surface area is 110 Å².